The average Bonchev–Trinajstić information content (AvgIpc) is 2.86. The Morgan fingerprint density at radius 1 is 1.44 bits per heavy atom. The zero-order valence-corrected chi connectivity index (χ0v) is 10.3. The summed E-state index contributed by atoms with van der Waals surface area (Å²) in [6.07, 6.45) is 3.38. The molecule has 18 heavy (non-hydrogen) atoms. The van der Waals surface area contributed by atoms with Crippen LogP contribution in [0.2, 0.25) is 0 Å². The summed E-state index contributed by atoms with van der Waals surface area (Å²) in [7, 11) is 1.65. The number of aromatic nitrogens is 2. The van der Waals surface area contributed by atoms with E-state index in [4.69, 9.17) is 15.6 Å². The van der Waals surface area contributed by atoms with Crippen molar-refractivity contribution in [3.63, 3.8) is 0 Å². The summed E-state index contributed by atoms with van der Waals surface area (Å²) in [4.78, 5) is 4.07. The summed E-state index contributed by atoms with van der Waals surface area (Å²) in [5, 5.41) is 9.11. The summed E-state index contributed by atoms with van der Waals surface area (Å²) >= 11 is 0. The van der Waals surface area contributed by atoms with Gasteiger partial charge in [0.1, 0.15) is 5.75 Å². The molecular formula is C13H17N3O2. The number of aliphatic hydroxyl groups excluding tert-OH is 1. The molecule has 1 aromatic heterocycles. The fourth-order valence-electron chi connectivity index (χ4n) is 1.88. The SMILES string of the molecule is COc1ccccc1Cn1cncc1C(N)CO. The first kappa shape index (κ1) is 12.6. The molecule has 3 N–H and O–H groups in total. The lowest BCUT2D eigenvalue weighted by atomic mass is 10.2. The minimum absolute atomic E-state index is 0.0996. The van der Waals surface area contributed by atoms with E-state index < -0.39 is 6.04 Å². The van der Waals surface area contributed by atoms with Gasteiger partial charge in [-0.25, -0.2) is 4.98 Å². The summed E-state index contributed by atoms with van der Waals surface area (Å²) < 4.78 is 7.22. The molecule has 0 amide bonds. The number of aliphatic hydroxyl groups is 1. The van der Waals surface area contributed by atoms with Gasteiger partial charge in [-0.2, -0.15) is 0 Å². The number of methoxy groups -OCH3 is 1. The Balaban J connectivity index is 2.26. The van der Waals surface area contributed by atoms with E-state index in [0.29, 0.717) is 6.54 Å². The molecule has 1 unspecified atom stereocenters. The van der Waals surface area contributed by atoms with Gasteiger partial charge in [-0.1, -0.05) is 18.2 Å². The molecule has 0 aliphatic heterocycles. The van der Waals surface area contributed by atoms with Gasteiger partial charge in [0.15, 0.2) is 0 Å². The summed E-state index contributed by atoms with van der Waals surface area (Å²) in [6, 6.07) is 7.38. The third kappa shape index (κ3) is 2.52. The van der Waals surface area contributed by atoms with Crippen molar-refractivity contribution in [2.45, 2.75) is 12.6 Å². The van der Waals surface area contributed by atoms with Gasteiger partial charge in [-0.3, -0.25) is 0 Å². The largest absolute Gasteiger partial charge is 0.496 e. The maximum Gasteiger partial charge on any atom is 0.123 e. The van der Waals surface area contributed by atoms with Crippen LogP contribution in [0, 0.1) is 0 Å². The summed E-state index contributed by atoms with van der Waals surface area (Å²) in [6.45, 7) is 0.519. The number of nitrogens with zero attached hydrogens (tertiary/aromatic N) is 2. The second-order valence-corrected chi connectivity index (χ2v) is 4.05. The number of imidazole rings is 1. The summed E-state index contributed by atoms with van der Waals surface area (Å²) in [5.41, 5.74) is 7.68. The van der Waals surface area contributed by atoms with Gasteiger partial charge in [0.2, 0.25) is 0 Å². The fraction of sp³-hybridized carbons (Fsp3) is 0.308. The number of ether oxygens (including phenoxy) is 1. The van der Waals surface area contributed by atoms with Crippen LogP contribution < -0.4 is 10.5 Å². The second-order valence-electron chi connectivity index (χ2n) is 4.05. The minimum atomic E-state index is -0.415. The Hall–Kier alpha value is -1.85. The topological polar surface area (TPSA) is 73.3 Å². The molecule has 0 spiro atoms. The quantitative estimate of drug-likeness (QED) is 0.824. The van der Waals surface area contributed by atoms with Gasteiger partial charge < -0.3 is 20.1 Å². The molecule has 1 atom stereocenters. The lowest BCUT2D eigenvalue weighted by molar-refractivity contribution is 0.263. The molecule has 0 aliphatic carbocycles. The van der Waals surface area contributed by atoms with Crippen LogP contribution in [0.25, 0.3) is 0 Å². The zero-order chi connectivity index (χ0) is 13.0. The van der Waals surface area contributed by atoms with Gasteiger partial charge in [-0.05, 0) is 6.07 Å². The van der Waals surface area contributed by atoms with Crippen LogP contribution >= 0.6 is 0 Å². The first-order chi connectivity index (χ1) is 8.76. The molecule has 0 saturated carbocycles. The molecule has 5 heteroatoms. The summed E-state index contributed by atoms with van der Waals surface area (Å²) in [5.74, 6) is 0.828. The van der Waals surface area contributed by atoms with Crippen molar-refractivity contribution in [3.8, 4) is 5.75 Å². The first-order valence-corrected chi connectivity index (χ1v) is 5.74. The third-order valence-corrected chi connectivity index (χ3v) is 2.85. The molecule has 96 valence electrons. The van der Waals surface area contributed by atoms with Gasteiger partial charge in [0.25, 0.3) is 0 Å². The molecule has 1 heterocycles. The molecule has 0 saturated heterocycles. The minimum Gasteiger partial charge on any atom is -0.496 e. The van der Waals surface area contributed by atoms with Crippen molar-refractivity contribution in [2.75, 3.05) is 13.7 Å². The molecule has 2 aromatic rings. The zero-order valence-electron chi connectivity index (χ0n) is 10.3. The van der Waals surface area contributed by atoms with E-state index in [2.05, 4.69) is 4.98 Å². The highest BCUT2D eigenvalue weighted by atomic mass is 16.5. The van der Waals surface area contributed by atoms with E-state index in [1.54, 1.807) is 19.6 Å². The number of rotatable bonds is 5. The van der Waals surface area contributed by atoms with Crippen molar-refractivity contribution in [1.82, 2.24) is 9.55 Å². The monoisotopic (exact) mass is 247 g/mol. The van der Waals surface area contributed by atoms with E-state index in [1.807, 2.05) is 28.8 Å². The maximum absolute atomic E-state index is 9.11. The van der Waals surface area contributed by atoms with Crippen molar-refractivity contribution < 1.29 is 9.84 Å². The van der Waals surface area contributed by atoms with Crippen LogP contribution in [0.1, 0.15) is 17.3 Å². The molecular weight excluding hydrogens is 230 g/mol. The highest BCUT2D eigenvalue weighted by molar-refractivity contribution is 5.33. The molecule has 1 aromatic carbocycles. The average molecular weight is 247 g/mol. The molecule has 0 aliphatic rings. The molecule has 0 fully saturated rings. The predicted octanol–water partition coefficient (Wildman–Crippen LogP) is 0.932. The number of hydrogen-bond donors (Lipinski definition) is 2. The van der Waals surface area contributed by atoms with Gasteiger partial charge in [0.05, 0.1) is 38.3 Å². The van der Waals surface area contributed by atoms with Crippen LogP contribution in [-0.2, 0) is 6.54 Å². The lowest BCUT2D eigenvalue weighted by Gasteiger charge is -2.14. The highest BCUT2D eigenvalue weighted by Gasteiger charge is 2.11. The van der Waals surface area contributed by atoms with Crippen molar-refractivity contribution in [3.05, 3.63) is 48.0 Å². The van der Waals surface area contributed by atoms with Gasteiger partial charge in [-0.15, -0.1) is 0 Å². The molecule has 0 bridgehead atoms. The van der Waals surface area contributed by atoms with Crippen molar-refractivity contribution >= 4 is 0 Å². The lowest BCUT2D eigenvalue weighted by Crippen LogP contribution is -2.19. The number of benzene rings is 1. The van der Waals surface area contributed by atoms with Crippen LogP contribution in [0.15, 0.2) is 36.8 Å². The number of para-hydroxylation sites is 1. The van der Waals surface area contributed by atoms with Gasteiger partial charge >= 0.3 is 0 Å². The van der Waals surface area contributed by atoms with Crippen LogP contribution in [0.5, 0.6) is 5.75 Å². The molecule has 5 nitrogen and oxygen atoms in total. The number of hydrogen-bond acceptors (Lipinski definition) is 4. The van der Waals surface area contributed by atoms with E-state index in [-0.39, 0.29) is 6.61 Å². The van der Waals surface area contributed by atoms with E-state index in [0.717, 1.165) is 17.0 Å². The molecule has 0 radical (unpaired) electrons. The van der Waals surface area contributed by atoms with Crippen LogP contribution in [-0.4, -0.2) is 28.4 Å². The van der Waals surface area contributed by atoms with Crippen LogP contribution in [0.4, 0.5) is 0 Å². The second kappa shape index (κ2) is 5.66. The smallest absolute Gasteiger partial charge is 0.123 e. The normalized spacial score (nSPS) is 12.4. The maximum atomic E-state index is 9.11. The van der Waals surface area contributed by atoms with Crippen molar-refractivity contribution in [2.24, 2.45) is 5.73 Å². The van der Waals surface area contributed by atoms with Crippen LogP contribution in [0.3, 0.4) is 0 Å². The Kier molecular flexibility index (Phi) is 3.96. The standard InChI is InChI=1S/C13H17N3O2/c1-18-13-5-3-2-4-10(13)7-16-9-15-6-12(16)11(14)8-17/h2-6,9,11,17H,7-8,14H2,1H3. The Labute approximate surface area is 106 Å². The highest BCUT2D eigenvalue weighted by Crippen LogP contribution is 2.20. The third-order valence-electron chi connectivity index (χ3n) is 2.85. The Bertz CT molecular complexity index is 510. The van der Waals surface area contributed by atoms with Crippen molar-refractivity contribution in [1.29, 1.82) is 0 Å². The molecule has 2 rings (SSSR count). The first-order valence-electron chi connectivity index (χ1n) is 5.74. The number of nitrogens with two attached hydrogens (primary N) is 1. The fourth-order valence-corrected chi connectivity index (χ4v) is 1.88. The predicted molar refractivity (Wildman–Crippen MR) is 68.3 cm³/mol. The van der Waals surface area contributed by atoms with Gasteiger partial charge in [0, 0.05) is 11.8 Å². The van der Waals surface area contributed by atoms with E-state index in [9.17, 15) is 0 Å². The van der Waals surface area contributed by atoms with E-state index >= 15 is 0 Å². The van der Waals surface area contributed by atoms with E-state index in [1.165, 1.54) is 0 Å². The Morgan fingerprint density at radius 2 is 2.22 bits per heavy atom. The Morgan fingerprint density at radius 3 is 2.94 bits per heavy atom.